The van der Waals surface area contributed by atoms with Crippen LogP contribution in [0.5, 0.6) is 0 Å². The van der Waals surface area contributed by atoms with Crippen LogP contribution < -0.4 is 0 Å². The van der Waals surface area contributed by atoms with E-state index in [1.54, 1.807) is 0 Å². The molecule has 148 valence electrons. The van der Waals surface area contributed by atoms with Gasteiger partial charge in [0, 0.05) is 31.3 Å². The fraction of sp³-hybridized carbons (Fsp3) is 0.269. The number of hydrogen-bond donors (Lipinski definition) is 0. The highest BCUT2D eigenvalue weighted by molar-refractivity contribution is 5.68. The van der Waals surface area contributed by atoms with Gasteiger partial charge in [-0.1, -0.05) is 53.6 Å². The van der Waals surface area contributed by atoms with Crippen molar-refractivity contribution >= 4 is 5.65 Å². The van der Waals surface area contributed by atoms with E-state index in [9.17, 15) is 0 Å². The number of likely N-dealkylation sites (N-methyl/N-ethyl adjacent to an activating group) is 1. The molecule has 3 nitrogen and oxygen atoms in total. The van der Waals surface area contributed by atoms with E-state index < -0.39 is 0 Å². The molecule has 2 aromatic carbocycles. The lowest BCUT2D eigenvalue weighted by Crippen LogP contribution is -2.21. The van der Waals surface area contributed by atoms with Gasteiger partial charge in [0.1, 0.15) is 5.65 Å². The van der Waals surface area contributed by atoms with Gasteiger partial charge in [0.2, 0.25) is 0 Å². The second-order valence-corrected chi connectivity index (χ2v) is 8.19. The molecule has 0 atom stereocenters. The first kappa shape index (κ1) is 19.4. The van der Waals surface area contributed by atoms with Crippen LogP contribution in [0, 0.1) is 20.8 Å². The second-order valence-electron chi connectivity index (χ2n) is 8.19. The minimum absolute atomic E-state index is 0.954. The van der Waals surface area contributed by atoms with Gasteiger partial charge in [-0.25, -0.2) is 4.98 Å². The highest BCUT2D eigenvalue weighted by atomic mass is 15.1. The summed E-state index contributed by atoms with van der Waals surface area (Å²) in [5.74, 6) is 0. The lowest BCUT2D eigenvalue weighted by Gasteiger charge is -2.17. The fourth-order valence-electron chi connectivity index (χ4n) is 4.05. The van der Waals surface area contributed by atoms with Gasteiger partial charge in [0.25, 0.3) is 0 Å². The quantitative estimate of drug-likeness (QED) is 0.432. The third-order valence-corrected chi connectivity index (χ3v) is 5.39. The van der Waals surface area contributed by atoms with Crippen molar-refractivity contribution in [1.29, 1.82) is 0 Å². The molecule has 0 radical (unpaired) electrons. The maximum absolute atomic E-state index is 5.01. The van der Waals surface area contributed by atoms with Crippen molar-refractivity contribution in [2.24, 2.45) is 0 Å². The summed E-state index contributed by atoms with van der Waals surface area (Å²) in [6, 6.07) is 21.6. The molecule has 0 saturated carbocycles. The molecule has 2 aromatic heterocycles. The standard InChI is InChI=1S/C26H29N3/c1-19-10-11-25-27-26(23-15-20(2)14-21(3)16-23)24(29(25)17-19)12-13-28(4)18-22-8-6-5-7-9-22/h5-11,14-17H,12-13,18H2,1-4H3. The number of aryl methyl sites for hydroxylation is 3. The molecule has 0 saturated heterocycles. The molecule has 29 heavy (non-hydrogen) atoms. The lowest BCUT2D eigenvalue weighted by atomic mass is 10.0. The van der Waals surface area contributed by atoms with Gasteiger partial charge in [-0.3, -0.25) is 0 Å². The molecule has 0 aliphatic heterocycles. The van der Waals surface area contributed by atoms with Gasteiger partial charge in [-0.15, -0.1) is 0 Å². The molecule has 0 bridgehead atoms. The minimum Gasteiger partial charge on any atom is -0.303 e. The maximum atomic E-state index is 5.01. The van der Waals surface area contributed by atoms with Gasteiger partial charge in [0.15, 0.2) is 0 Å². The van der Waals surface area contributed by atoms with E-state index in [1.165, 1.54) is 33.5 Å². The molecule has 4 aromatic rings. The summed E-state index contributed by atoms with van der Waals surface area (Å²) >= 11 is 0. The molecule has 0 unspecified atom stereocenters. The normalized spacial score (nSPS) is 11.5. The largest absolute Gasteiger partial charge is 0.303 e. The molecule has 0 aliphatic carbocycles. The third kappa shape index (κ3) is 4.41. The number of fused-ring (bicyclic) bond motifs is 1. The van der Waals surface area contributed by atoms with E-state index in [-0.39, 0.29) is 0 Å². The number of nitrogens with zero attached hydrogens (tertiary/aromatic N) is 3. The van der Waals surface area contributed by atoms with Crippen molar-refractivity contribution < 1.29 is 0 Å². The Balaban J connectivity index is 1.67. The van der Waals surface area contributed by atoms with Crippen molar-refractivity contribution in [3.63, 3.8) is 0 Å². The first-order chi connectivity index (χ1) is 14.0. The van der Waals surface area contributed by atoms with E-state index in [4.69, 9.17) is 4.98 Å². The van der Waals surface area contributed by atoms with Crippen molar-refractivity contribution in [3.05, 3.63) is 94.8 Å². The highest BCUT2D eigenvalue weighted by Crippen LogP contribution is 2.27. The van der Waals surface area contributed by atoms with E-state index in [0.717, 1.165) is 30.9 Å². The first-order valence-corrected chi connectivity index (χ1v) is 10.3. The van der Waals surface area contributed by atoms with Crippen LogP contribution in [0.25, 0.3) is 16.9 Å². The first-order valence-electron chi connectivity index (χ1n) is 10.3. The van der Waals surface area contributed by atoms with Gasteiger partial charge in [-0.2, -0.15) is 0 Å². The van der Waals surface area contributed by atoms with E-state index in [1.807, 2.05) is 0 Å². The van der Waals surface area contributed by atoms with Gasteiger partial charge in [-0.05, 0) is 57.1 Å². The number of pyridine rings is 1. The molecular weight excluding hydrogens is 354 g/mol. The summed E-state index contributed by atoms with van der Waals surface area (Å²) in [7, 11) is 2.19. The van der Waals surface area contributed by atoms with Crippen LogP contribution in [0.4, 0.5) is 0 Å². The Kier molecular flexibility index (Phi) is 5.50. The summed E-state index contributed by atoms with van der Waals surface area (Å²) in [5, 5.41) is 0. The van der Waals surface area contributed by atoms with Crippen LogP contribution in [0.1, 0.15) is 27.9 Å². The third-order valence-electron chi connectivity index (χ3n) is 5.39. The van der Waals surface area contributed by atoms with Crippen molar-refractivity contribution in [3.8, 4) is 11.3 Å². The molecule has 0 aliphatic rings. The average Bonchev–Trinajstić information content (AvgIpc) is 3.04. The van der Waals surface area contributed by atoms with Crippen LogP contribution in [0.3, 0.4) is 0 Å². The van der Waals surface area contributed by atoms with Crippen molar-refractivity contribution in [2.45, 2.75) is 33.7 Å². The molecular formula is C26H29N3. The molecule has 0 N–H and O–H groups in total. The van der Waals surface area contributed by atoms with Crippen LogP contribution >= 0.6 is 0 Å². The molecule has 0 spiro atoms. The lowest BCUT2D eigenvalue weighted by molar-refractivity contribution is 0.330. The van der Waals surface area contributed by atoms with E-state index in [0.29, 0.717) is 0 Å². The zero-order chi connectivity index (χ0) is 20.4. The Morgan fingerprint density at radius 1 is 0.862 bits per heavy atom. The maximum Gasteiger partial charge on any atom is 0.137 e. The van der Waals surface area contributed by atoms with Crippen LogP contribution in [0.15, 0.2) is 66.9 Å². The zero-order valence-corrected chi connectivity index (χ0v) is 17.8. The van der Waals surface area contributed by atoms with Gasteiger partial charge >= 0.3 is 0 Å². The van der Waals surface area contributed by atoms with Crippen LogP contribution in [-0.4, -0.2) is 27.9 Å². The number of imidazole rings is 1. The Bertz CT molecular complexity index is 1110. The Hall–Kier alpha value is -2.91. The van der Waals surface area contributed by atoms with E-state index in [2.05, 4.69) is 104 Å². The summed E-state index contributed by atoms with van der Waals surface area (Å²) in [6.07, 6.45) is 3.16. The number of aromatic nitrogens is 2. The SMILES string of the molecule is Cc1cc(C)cc(-c2nc3ccc(C)cn3c2CCN(C)Cc2ccccc2)c1. The minimum atomic E-state index is 0.954. The topological polar surface area (TPSA) is 20.5 Å². The van der Waals surface area contributed by atoms with Crippen molar-refractivity contribution in [2.75, 3.05) is 13.6 Å². The van der Waals surface area contributed by atoms with E-state index >= 15 is 0 Å². The van der Waals surface area contributed by atoms with Crippen LogP contribution in [0.2, 0.25) is 0 Å². The second kappa shape index (κ2) is 8.22. The smallest absolute Gasteiger partial charge is 0.137 e. The predicted octanol–water partition coefficient (Wildman–Crippen LogP) is 5.60. The van der Waals surface area contributed by atoms with Crippen LogP contribution in [-0.2, 0) is 13.0 Å². The Morgan fingerprint density at radius 3 is 2.31 bits per heavy atom. The molecule has 0 fully saturated rings. The predicted molar refractivity (Wildman–Crippen MR) is 121 cm³/mol. The average molecular weight is 384 g/mol. The molecule has 0 amide bonds. The zero-order valence-electron chi connectivity index (χ0n) is 17.8. The Morgan fingerprint density at radius 2 is 1.59 bits per heavy atom. The van der Waals surface area contributed by atoms with Gasteiger partial charge in [0.05, 0.1) is 11.4 Å². The number of hydrogen-bond acceptors (Lipinski definition) is 2. The summed E-state index contributed by atoms with van der Waals surface area (Å²) in [5.41, 5.74) is 9.78. The summed E-state index contributed by atoms with van der Waals surface area (Å²) in [6.45, 7) is 8.39. The van der Waals surface area contributed by atoms with Gasteiger partial charge < -0.3 is 9.30 Å². The summed E-state index contributed by atoms with van der Waals surface area (Å²) in [4.78, 5) is 7.40. The number of benzene rings is 2. The number of rotatable bonds is 6. The Labute approximate surface area is 173 Å². The highest BCUT2D eigenvalue weighted by Gasteiger charge is 2.15. The molecule has 4 rings (SSSR count). The monoisotopic (exact) mass is 383 g/mol. The molecule has 2 heterocycles. The summed E-state index contributed by atoms with van der Waals surface area (Å²) < 4.78 is 2.28. The molecule has 3 heteroatoms. The fourth-order valence-corrected chi connectivity index (χ4v) is 4.05. The van der Waals surface area contributed by atoms with Crippen molar-refractivity contribution in [1.82, 2.24) is 14.3 Å².